The van der Waals surface area contributed by atoms with Crippen LogP contribution in [0, 0.1) is 6.92 Å². The zero-order chi connectivity index (χ0) is 13.3. The van der Waals surface area contributed by atoms with Gasteiger partial charge in [0, 0.05) is 28.8 Å². The van der Waals surface area contributed by atoms with Crippen molar-refractivity contribution in [1.29, 1.82) is 0 Å². The number of rotatable bonds is 2. The molecule has 0 saturated carbocycles. The van der Waals surface area contributed by atoms with Crippen molar-refractivity contribution in [1.82, 2.24) is 5.32 Å². The van der Waals surface area contributed by atoms with Gasteiger partial charge in [-0.25, -0.2) is 0 Å². The highest BCUT2D eigenvalue weighted by Gasteiger charge is 2.32. The van der Waals surface area contributed by atoms with Crippen molar-refractivity contribution in [2.24, 2.45) is 0 Å². The van der Waals surface area contributed by atoms with Gasteiger partial charge in [0.15, 0.2) is 0 Å². The maximum atomic E-state index is 9.52. The molecule has 1 unspecified atom stereocenters. The number of benzene rings is 1. The van der Waals surface area contributed by atoms with Crippen LogP contribution in [0.5, 0.6) is 0 Å². The molecule has 0 aromatic heterocycles. The summed E-state index contributed by atoms with van der Waals surface area (Å²) in [5.74, 6) is 0. The molecule has 0 bridgehead atoms. The van der Waals surface area contributed by atoms with Crippen molar-refractivity contribution in [3.8, 4) is 0 Å². The van der Waals surface area contributed by atoms with Gasteiger partial charge in [0.25, 0.3) is 0 Å². The first kappa shape index (κ1) is 13.8. The highest BCUT2D eigenvalue weighted by atomic mass is 79.9. The number of hydrogen-bond acceptors (Lipinski definition) is 3. The molecule has 2 N–H and O–H groups in total. The molecule has 0 radical (unpaired) electrons. The first-order valence-corrected chi connectivity index (χ1v) is 7.11. The largest absolute Gasteiger partial charge is 0.394 e. The van der Waals surface area contributed by atoms with Crippen LogP contribution in [0.4, 0.5) is 5.69 Å². The summed E-state index contributed by atoms with van der Waals surface area (Å²) in [4.78, 5) is 2.29. The highest BCUT2D eigenvalue weighted by Crippen LogP contribution is 2.27. The number of halogens is 1. The van der Waals surface area contributed by atoms with Gasteiger partial charge in [-0.3, -0.25) is 0 Å². The van der Waals surface area contributed by atoms with E-state index in [-0.39, 0.29) is 18.2 Å². The van der Waals surface area contributed by atoms with Crippen LogP contribution in [0.3, 0.4) is 0 Å². The lowest BCUT2D eigenvalue weighted by Gasteiger charge is -2.45. The molecule has 2 rings (SSSR count). The minimum atomic E-state index is 0.0725. The fourth-order valence-corrected chi connectivity index (χ4v) is 2.71. The van der Waals surface area contributed by atoms with Gasteiger partial charge < -0.3 is 15.3 Å². The summed E-state index contributed by atoms with van der Waals surface area (Å²) in [6.45, 7) is 8.35. The van der Waals surface area contributed by atoms with Crippen molar-refractivity contribution in [3.05, 3.63) is 28.2 Å². The van der Waals surface area contributed by atoms with E-state index in [2.05, 4.69) is 65.1 Å². The van der Waals surface area contributed by atoms with E-state index in [0.29, 0.717) is 0 Å². The number of nitrogens with one attached hydrogen (secondary N) is 1. The van der Waals surface area contributed by atoms with E-state index in [1.807, 2.05) is 0 Å². The molecule has 0 aliphatic carbocycles. The number of aliphatic hydroxyl groups excluding tert-OH is 1. The van der Waals surface area contributed by atoms with Gasteiger partial charge in [-0.15, -0.1) is 0 Å². The predicted octanol–water partition coefficient (Wildman–Crippen LogP) is 2.31. The Hall–Kier alpha value is -0.580. The molecular formula is C14H21BrN2O. The third-order valence-corrected chi connectivity index (χ3v) is 4.37. The van der Waals surface area contributed by atoms with Crippen LogP contribution in [0.25, 0.3) is 0 Å². The van der Waals surface area contributed by atoms with Crippen molar-refractivity contribution in [3.63, 3.8) is 0 Å². The van der Waals surface area contributed by atoms with Crippen molar-refractivity contribution >= 4 is 21.6 Å². The Labute approximate surface area is 117 Å². The first-order valence-electron chi connectivity index (χ1n) is 6.31. The fourth-order valence-electron chi connectivity index (χ4n) is 2.34. The number of nitrogens with zero attached hydrogens (tertiary/aromatic N) is 1. The van der Waals surface area contributed by atoms with E-state index in [9.17, 15) is 5.11 Å². The SMILES string of the molecule is Cc1ccc(N2CC(C)(C)NCC2CO)cc1Br. The van der Waals surface area contributed by atoms with Crippen LogP contribution in [0.15, 0.2) is 22.7 Å². The second-order valence-corrected chi connectivity index (χ2v) is 6.52. The van der Waals surface area contributed by atoms with E-state index in [0.717, 1.165) is 17.6 Å². The molecule has 1 atom stereocenters. The molecule has 0 spiro atoms. The van der Waals surface area contributed by atoms with E-state index >= 15 is 0 Å². The monoisotopic (exact) mass is 312 g/mol. The highest BCUT2D eigenvalue weighted by molar-refractivity contribution is 9.10. The Morgan fingerprint density at radius 2 is 2.22 bits per heavy atom. The Bertz CT molecular complexity index is 434. The molecule has 1 fully saturated rings. The van der Waals surface area contributed by atoms with Gasteiger partial charge in [0.2, 0.25) is 0 Å². The molecular weight excluding hydrogens is 292 g/mol. The molecule has 1 aromatic rings. The molecule has 1 aliphatic rings. The summed E-state index contributed by atoms with van der Waals surface area (Å²) < 4.78 is 1.12. The van der Waals surface area contributed by atoms with Crippen molar-refractivity contribution < 1.29 is 5.11 Å². The molecule has 100 valence electrons. The standard InChI is InChI=1S/C14H21BrN2O/c1-10-4-5-11(6-13(10)15)17-9-14(2,3)16-7-12(17)8-18/h4-6,12,16,18H,7-9H2,1-3H3. The van der Waals surface area contributed by atoms with Crippen molar-refractivity contribution in [2.45, 2.75) is 32.4 Å². The number of piperazine rings is 1. The van der Waals surface area contributed by atoms with Gasteiger partial charge >= 0.3 is 0 Å². The van der Waals surface area contributed by atoms with Gasteiger partial charge in [-0.1, -0.05) is 22.0 Å². The number of aryl methyl sites for hydroxylation is 1. The Morgan fingerprint density at radius 1 is 1.50 bits per heavy atom. The van der Waals surface area contributed by atoms with Crippen LogP contribution in [0.1, 0.15) is 19.4 Å². The van der Waals surface area contributed by atoms with Crippen LogP contribution in [-0.2, 0) is 0 Å². The first-order chi connectivity index (χ1) is 8.43. The third kappa shape index (κ3) is 2.87. The zero-order valence-electron chi connectivity index (χ0n) is 11.2. The minimum absolute atomic E-state index is 0.0725. The van der Waals surface area contributed by atoms with E-state index in [1.165, 1.54) is 11.3 Å². The maximum absolute atomic E-state index is 9.52. The predicted molar refractivity (Wildman–Crippen MR) is 79.2 cm³/mol. The number of aliphatic hydroxyl groups is 1. The van der Waals surface area contributed by atoms with Gasteiger partial charge in [-0.05, 0) is 38.5 Å². The molecule has 0 amide bonds. The number of anilines is 1. The summed E-state index contributed by atoms with van der Waals surface area (Å²) in [5.41, 5.74) is 2.47. The van der Waals surface area contributed by atoms with Gasteiger partial charge in [0.05, 0.1) is 12.6 Å². The second kappa shape index (κ2) is 5.19. The smallest absolute Gasteiger partial charge is 0.0647 e. The van der Waals surface area contributed by atoms with Crippen LogP contribution >= 0.6 is 15.9 Å². The van der Waals surface area contributed by atoms with Gasteiger partial charge in [0.1, 0.15) is 0 Å². The molecule has 3 nitrogen and oxygen atoms in total. The molecule has 1 aromatic carbocycles. The molecule has 1 saturated heterocycles. The average molecular weight is 313 g/mol. The van der Waals surface area contributed by atoms with Crippen LogP contribution < -0.4 is 10.2 Å². The third-order valence-electron chi connectivity index (χ3n) is 3.52. The molecule has 1 aliphatic heterocycles. The Balaban J connectivity index is 2.29. The number of hydrogen-bond donors (Lipinski definition) is 2. The second-order valence-electron chi connectivity index (χ2n) is 5.66. The maximum Gasteiger partial charge on any atom is 0.0647 e. The lowest BCUT2D eigenvalue weighted by molar-refractivity contribution is 0.215. The Kier molecular flexibility index (Phi) is 3.99. The lowest BCUT2D eigenvalue weighted by atomic mass is 9.98. The van der Waals surface area contributed by atoms with Crippen molar-refractivity contribution in [2.75, 3.05) is 24.6 Å². The van der Waals surface area contributed by atoms with E-state index < -0.39 is 0 Å². The zero-order valence-corrected chi connectivity index (χ0v) is 12.8. The Morgan fingerprint density at radius 3 is 2.83 bits per heavy atom. The van der Waals surface area contributed by atoms with Crippen LogP contribution in [0.2, 0.25) is 0 Å². The average Bonchev–Trinajstić information content (AvgIpc) is 2.32. The summed E-state index contributed by atoms with van der Waals surface area (Å²) in [6.07, 6.45) is 0. The lowest BCUT2D eigenvalue weighted by Crippen LogP contribution is -2.62. The normalized spacial score (nSPS) is 23.2. The summed E-state index contributed by atoms with van der Waals surface area (Å²) >= 11 is 3.58. The topological polar surface area (TPSA) is 35.5 Å². The summed E-state index contributed by atoms with van der Waals surface area (Å²) in [6, 6.07) is 6.53. The van der Waals surface area contributed by atoms with Gasteiger partial charge in [-0.2, -0.15) is 0 Å². The van der Waals surface area contributed by atoms with E-state index in [4.69, 9.17) is 0 Å². The molecule has 1 heterocycles. The quantitative estimate of drug-likeness (QED) is 0.879. The fraction of sp³-hybridized carbons (Fsp3) is 0.571. The summed E-state index contributed by atoms with van der Waals surface area (Å²) in [5, 5.41) is 13.0. The molecule has 4 heteroatoms. The minimum Gasteiger partial charge on any atom is -0.394 e. The van der Waals surface area contributed by atoms with E-state index in [1.54, 1.807) is 0 Å². The summed E-state index contributed by atoms with van der Waals surface area (Å²) in [7, 11) is 0. The van der Waals surface area contributed by atoms with Crippen LogP contribution in [-0.4, -0.2) is 36.4 Å². The molecule has 18 heavy (non-hydrogen) atoms.